The van der Waals surface area contributed by atoms with E-state index >= 15 is 0 Å². The Balaban J connectivity index is 2.53. The molecule has 1 aliphatic rings. The van der Waals surface area contributed by atoms with Crippen molar-refractivity contribution in [3.8, 4) is 0 Å². The van der Waals surface area contributed by atoms with Crippen molar-refractivity contribution >= 4 is 5.91 Å². The summed E-state index contributed by atoms with van der Waals surface area (Å²) in [6.07, 6.45) is 2.17. The van der Waals surface area contributed by atoms with Crippen molar-refractivity contribution in [3.05, 3.63) is 0 Å². The van der Waals surface area contributed by atoms with Crippen LogP contribution in [0, 0.1) is 11.8 Å². The Hall–Kier alpha value is -0.610. The van der Waals surface area contributed by atoms with Crippen LogP contribution in [0.5, 0.6) is 0 Å². The monoisotopic (exact) mass is 255 g/mol. The van der Waals surface area contributed by atoms with Gasteiger partial charge in [0.1, 0.15) is 0 Å². The molecule has 0 aromatic heterocycles. The third-order valence-electron chi connectivity index (χ3n) is 3.36. The van der Waals surface area contributed by atoms with E-state index in [1.165, 1.54) is 0 Å². The second-order valence-electron chi connectivity index (χ2n) is 6.02. The van der Waals surface area contributed by atoms with Gasteiger partial charge in [-0.25, -0.2) is 0 Å². The first-order chi connectivity index (χ1) is 8.50. The van der Waals surface area contributed by atoms with Crippen LogP contribution in [0.2, 0.25) is 0 Å². The zero-order valence-corrected chi connectivity index (χ0v) is 12.4. The van der Waals surface area contributed by atoms with E-state index in [9.17, 15) is 4.79 Å². The van der Waals surface area contributed by atoms with Crippen molar-refractivity contribution in [2.45, 2.75) is 26.7 Å². The minimum absolute atomic E-state index is 0.194. The predicted octanol–water partition coefficient (Wildman–Crippen LogP) is 1.03. The van der Waals surface area contributed by atoms with Gasteiger partial charge in [-0.3, -0.25) is 4.79 Å². The molecule has 1 fully saturated rings. The number of hydrogen-bond donors (Lipinski definition) is 1. The number of carbonyl (C=O) groups is 1. The zero-order chi connectivity index (χ0) is 13.5. The van der Waals surface area contributed by atoms with Crippen LogP contribution in [0.1, 0.15) is 26.7 Å². The van der Waals surface area contributed by atoms with Gasteiger partial charge in [0.25, 0.3) is 0 Å². The Morgan fingerprint density at radius 2 is 2.06 bits per heavy atom. The van der Waals surface area contributed by atoms with Crippen LogP contribution < -0.4 is 5.32 Å². The molecule has 106 valence electrons. The fourth-order valence-corrected chi connectivity index (χ4v) is 2.37. The summed E-state index contributed by atoms with van der Waals surface area (Å²) in [6.45, 7) is 8.94. The second kappa shape index (κ2) is 7.74. The third kappa shape index (κ3) is 5.36. The minimum Gasteiger partial charge on any atom is -0.341 e. The van der Waals surface area contributed by atoms with Crippen LogP contribution >= 0.6 is 0 Å². The number of hydrogen-bond acceptors (Lipinski definition) is 3. The zero-order valence-electron chi connectivity index (χ0n) is 12.4. The van der Waals surface area contributed by atoms with Gasteiger partial charge in [0.15, 0.2) is 0 Å². The molecule has 0 saturated carbocycles. The molecule has 1 N–H and O–H groups in total. The maximum Gasteiger partial charge on any atom is 0.227 e. The van der Waals surface area contributed by atoms with E-state index in [1.807, 2.05) is 0 Å². The van der Waals surface area contributed by atoms with Gasteiger partial charge in [0, 0.05) is 26.2 Å². The second-order valence-corrected chi connectivity index (χ2v) is 6.02. The van der Waals surface area contributed by atoms with Gasteiger partial charge in [0.05, 0.1) is 5.92 Å². The number of nitrogens with zero attached hydrogens (tertiary/aromatic N) is 2. The van der Waals surface area contributed by atoms with Gasteiger partial charge in [-0.2, -0.15) is 0 Å². The first-order valence-corrected chi connectivity index (χ1v) is 7.15. The standard InChI is InChI=1S/C14H29N3O/c1-12(2)11-17(9-8-16(3)4)14(18)13-6-5-7-15-10-13/h12-13,15H,5-11H2,1-4H3. The molecule has 1 aliphatic heterocycles. The average molecular weight is 255 g/mol. The number of piperidine rings is 1. The lowest BCUT2D eigenvalue weighted by Crippen LogP contribution is -2.46. The molecule has 1 amide bonds. The summed E-state index contributed by atoms with van der Waals surface area (Å²) >= 11 is 0. The number of nitrogens with one attached hydrogen (secondary N) is 1. The van der Waals surface area contributed by atoms with Gasteiger partial charge < -0.3 is 15.1 Å². The molecule has 18 heavy (non-hydrogen) atoms. The molecule has 0 spiro atoms. The predicted molar refractivity (Wildman–Crippen MR) is 75.6 cm³/mol. The first-order valence-electron chi connectivity index (χ1n) is 7.15. The Labute approximate surface area is 112 Å². The molecular weight excluding hydrogens is 226 g/mol. The van der Waals surface area contributed by atoms with Crippen LogP contribution in [-0.4, -0.2) is 62.5 Å². The average Bonchev–Trinajstić information content (AvgIpc) is 2.34. The van der Waals surface area contributed by atoms with E-state index in [4.69, 9.17) is 0 Å². The van der Waals surface area contributed by atoms with Gasteiger partial charge >= 0.3 is 0 Å². The number of likely N-dealkylation sites (N-methyl/N-ethyl adjacent to an activating group) is 1. The van der Waals surface area contributed by atoms with Crippen LogP contribution in [0.3, 0.4) is 0 Å². The van der Waals surface area contributed by atoms with Crippen molar-refractivity contribution in [1.82, 2.24) is 15.1 Å². The highest BCUT2D eigenvalue weighted by molar-refractivity contribution is 5.79. The fourth-order valence-electron chi connectivity index (χ4n) is 2.37. The van der Waals surface area contributed by atoms with E-state index in [1.54, 1.807) is 0 Å². The summed E-state index contributed by atoms with van der Waals surface area (Å²) in [7, 11) is 4.11. The van der Waals surface area contributed by atoms with Gasteiger partial charge in [-0.05, 0) is 39.4 Å². The number of rotatable bonds is 6. The normalized spacial score (nSPS) is 20.4. The molecule has 4 nitrogen and oxygen atoms in total. The molecule has 1 heterocycles. The summed E-state index contributed by atoms with van der Waals surface area (Å²) < 4.78 is 0. The highest BCUT2D eigenvalue weighted by Crippen LogP contribution is 2.14. The van der Waals surface area contributed by atoms with Gasteiger partial charge in [0.2, 0.25) is 5.91 Å². The third-order valence-corrected chi connectivity index (χ3v) is 3.36. The minimum atomic E-state index is 0.194. The van der Waals surface area contributed by atoms with Crippen LogP contribution in [0.25, 0.3) is 0 Å². The van der Waals surface area contributed by atoms with Crippen molar-refractivity contribution in [1.29, 1.82) is 0 Å². The Bertz CT molecular complexity index is 247. The maximum atomic E-state index is 12.5. The Morgan fingerprint density at radius 1 is 1.33 bits per heavy atom. The summed E-state index contributed by atoms with van der Waals surface area (Å²) in [5, 5.41) is 3.33. The van der Waals surface area contributed by atoms with Crippen LogP contribution in [0.15, 0.2) is 0 Å². The lowest BCUT2D eigenvalue weighted by molar-refractivity contribution is -0.136. The summed E-state index contributed by atoms with van der Waals surface area (Å²) in [4.78, 5) is 16.7. The summed E-state index contributed by atoms with van der Waals surface area (Å²) in [6, 6.07) is 0. The van der Waals surface area contributed by atoms with Crippen LogP contribution in [-0.2, 0) is 4.79 Å². The van der Waals surface area contributed by atoms with Crippen molar-refractivity contribution in [3.63, 3.8) is 0 Å². The Kier molecular flexibility index (Phi) is 6.65. The van der Waals surface area contributed by atoms with Crippen molar-refractivity contribution < 1.29 is 4.79 Å². The molecule has 0 aromatic carbocycles. The van der Waals surface area contributed by atoms with Gasteiger partial charge in [-0.15, -0.1) is 0 Å². The first kappa shape index (κ1) is 15.4. The molecule has 1 atom stereocenters. The molecule has 1 unspecified atom stereocenters. The highest BCUT2D eigenvalue weighted by atomic mass is 16.2. The quantitative estimate of drug-likeness (QED) is 0.770. The van der Waals surface area contributed by atoms with E-state index in [2.05, 4.69) is 43.1 Å². The molecule has 0 aromatic rings. The lowest BCUT2D eigenvalue weighted by Gasteiger charge is -2.31. The molecule has 1 saturated heterocycles. The number of amides is 1. The largest absolute Gasteiger partial charge is 0.341 e. The SMILES string of the molecule is CC(C)CN(CCN(C)C)C(=O)C1CCCNC1. The fraction of sp³-hybridized carbons (Fsp3) is 0.929. The molecular formula is C14H29N3O. The van der Waals surface area contributed by atoms with E-state index in [0.717, 1.165) is 45.6 Å². The molecule has 4 heteroatoms. The van der Waals surface area contributed by atoms with E-state index in [-0.39, 0.29) is 5.92 Å². The molecule has 1 rings (SSSR count). The van der Waals surface area contributed by atoms with E-state index in [0.29, 0.717) is 11.8 Å². The maximum absolute atomic E-state index is 12.5. The molecule has 0 radical (unpaired) electrons. The van der Waals surface area contributed by atoms with Crippen molar-refractivity contribution in [2.75, 3.05) is 46.8 Å². The highest BCUT2D eigenvalue weighted by Gasteiger charge is 2.26. The lowest BCUT2D eigenvalue weighted by atomic mass is 9.97. The van der Waals surface area contributed by atoms with Crippen molar-refractivity contribution in [2.24, 2.45) is 11.8 Å². The van der Waals surface area contributed by atoms with Crippen LogP contribution in [0.4, 0.5) is 0 Å². The topological polar surface area (TPSA) is 35.6 Å². The molecule has 0 bridgehead atoms. The number of carbonyl (C=O) groups excluding carboxylic acids is 1. The summed E-state index contributed by atoms with van der Waals surface area (Å²) in [5.74, 6) is 1.07. The Morgan fingerprint density at radius 3 is 2.56 bits per heavy atom. The van der Waals surface area contributed by atoms with Gasteiger partial charge in [-0.1, -0.05) is 13.8 Å². The molecule has 0 aliphatic carbocycles. The van der Waals surface area contributed by atoms with E-state index < -0.39 is 0 Å². The summed E-state index contributed by atoms with van der Waals surface area (Å²) in [5.41, 5.74) is 0. The smallest absolute Gasteiger partial charge is 0.227 e.